The number of rotatable bonds is 5. The Bertz CT molecular complexity index is 446. The van der Waals surface area contributed by atoms with Gasteiger partial charge in [0.05, 0.1) is 11.5 Å². The van der Waals surface area contributed by atoms with E-state index in [0.717, 1.165) is 18.3 Å². The molecule has 0 spiro atoms. The molecule has 0 N–H and O–H groups in total. The van der Waals surface area contributed by atoms with Crippen molar-refractivity contribution in [1.29, 1.82) is 0 Å². The summed E-state index contributed by atoms with van der Waals surface area (Å²) in [6.07, 6.45) is 7.36. The van der Waals surface area contributed by atoms with Gasteiger partial charge in [0.25, 0.3) is 0 Å². The van der Waals surface area contributed by atoms with E-state index in [1.54, 1.807) is 0 Å². The van der Waals surface area contributed by atoms with Gasteiger partial charge in [-0.05, 0) is 76.0 Å². The van der Waals surface area contributed by atoms with Crippen molar-refractivity contribution in [3.05, 3.63) is 0 Å². The van der Waals surface area contributed by atoms with Gasteiger partial charge >= 0.3 is 5.97 Å². The zero-order chi connectivity index (χ0) is 17.7. The predicted molar refractivity (Wildman–Crippen MR) is 95.3 cm³/mol. The molecule has 0 radical (unpaired) electrons. The first-order valence-electron chi connectivity index (χ1n) is 9.96. The summed E-state index contributed by atoms with van der Waals surface area (Å²) in [7, 11) is 0. The molecule has 4 fully saturated rings. The number of ether oxygens (including phenoxy) is 2. The second kappa shape index (κ2) is 6.30. The van der Waals surface area contributed by atoms with Crippen LogP contribution in [0.5, 0.6) is 0 Å². The molecule has 0 aliphatic heterocycles. The summed E-state index contributed by atoms with van der Waals surface area (Å²) in [5, 5.41) is 0. The van der Waals surface area contributed by atoms with Gasteiger partial charge in [-0.25, -0.2) is 0 Å². The van der Waals surface area contributed by atoms with Gasteiger partial charge in [-0.3, -0.25) is 4.79 Å². The van der Waals surface area contributed by atoms with Gasteiger partial charge in [0.15, 0.2) is 0 Å². The van der Waals surface area contributed by atoms with Crippen LogP contribution in [-0.2, 0) is 14.3 Å². The first-order valence-corrected chi connectivity index (χ1v) is 9.96. The average molecular weight is 337 g/mol. The Morgan fingerprint density at radius 3 is 1.88 bits per heavy atom. The monoisotopic (exact) mass is 336 g/mol. The highest BCUT2D eigenvalue weighted by molar-refractivity contribution is 5.75. The molecule has 0 aromatic carbocycles. The van der Waals surface area contributed by atoms with E-state index in [1.807, 2.05) is 20.8 Å². The molecule has 138 valence electrons. The number of hydrogen-bond donors (Lipinski definition) is 0. The van der Waals surface area contributed by atoms with E-state index >= 15 is 0 Å². The minimum Gasteiger partial charge on any atom is -0.435 e. The summed E-state index contributed by atoms with van der Waals surface area (Å²) in [6, 6.07) is 0. The lowest BCUT2D eigenvalue weighted by molar-refractivity contribution is -0.256. The maximum Gasteiger partial charge on any atom is 0.313 e. The lowest BCUT2D eigenvalue weighted by atomic mass is 9.55. The van der Waals surface area contributed by atoms with Crippen molar-refractivity contribution in [1.82, 2.24) is 0 Å². The van der Waals surface area contributed by atoms with Gasteiger partial charge in [0.2, 0.25) is 6.29 Å². The van der Waals surface area contributed by atoms with E-state index in [0.29, 0.717) is 17.9 Å². The Kier molecular flexibility index (Phi) is 4.79. The molecule has 4 saturated carbocycles. The quantitative estimate of drug-likeness (QED) is 0.512. The SMILES string of the molecule is CCC(C)(C)C(=O)OC(OC1C2CC3CC(C2)CC1C3)C(C)(C)C. The van der Waals surface area contributed by atoms with E-state index in [-0.39, 0.29) is 11.4 Å². The summed E-state index contributed by atoms with van der Waals surface area (Å²) >= 11 is 0. The van der Waals surface area contributed by atoms with Crippen molar-refractivity contribution >= 4 is 5.97 Å². The summed E-state index contributed by atoms with van der Waals surface area (Å²) in [6.45, 7) is 12.3. The Morgan fingerprint density at radius 2 is 1.46 bits per heavy atom. The van der Waals surface area contributed by atoms with Crippen molar-refractivity contribution in [3.63, 3.8) is 0 Å². The third kappa shape index (κ3) is 3.52. The maximum absolute atomic E-state index is 12.6. The fourth-order valence-corrected chi connectivity index (χ4v) is 5.05. The van der Waals surface area contributed by atoms with Crippen molar-refractivity contribution in [3.8, 4) is 0 Å². The molecule has 1 atom stereocenters. The molecule has 4 bridgehead atoms. The Balaban J connectivity index is 1.70. The minimum atomic E-state index is -0.447. The number of carbonyl (C=O) groups is 1. The molecule has 0 heterocycles. The van der Waals surface area contributed by atoms with Crippen LogP contribution in [0.15, 0.2) is 0 Å². The van der Waals surface area contributed by atoms with Crippen LogP contribution in [0, 0.1) is 34.5 Å². The standard InChI is InChI=1S/C21H36O3/c1-7-21(5,6)18(22)24-19(20(2,3)4)23-17-15-9-13-8-14(11-15)12-16(17)10-13/h13-17,19H,7-12H2,1-6H3. The molecule has 0 aromatic rings. The normalized spacial score (nSPS) is 36.7. The third-order valence-electron chi connectivity index (χ3n) is 6.78. The third-order valence-corrected chi connectivity index (χ3v) is 6.78. The van der Waals surface area contributed by atoms with Crippen LogP contribution in [-0.4, -0.2) is 18.4 Å². The molecule has 1 unspecified atom stereocenters. The summed E-state index contributed by atoms with van der Waals surface area (Å²) in [5.74, 6) is 3.10. The molecular formula is C21H36O3. The Hall–Kier alpha value is -0.570. The van der Waals surface area contributed by atoms with Gasteiger partial charge in [-0.2, -0.15) is 0 Å². The summed E-state index contributed by atoms with van der Waals surface area (Å²) in [4.78, 5) is 12.6. The highest BCUT2D eigenvalue weighted by Crippen LogP contribution is 2.55. The zero-order valence-corrected chi connectivity index (χ0v) is 16.4. The smallest absolute Gasteiger partial charge is 0.313 e. The molecule has 3 nitrogen and oxygen atoms in total. The average Bonchev–Trinajstić information content (AvgIpc) is 2.47. The molecule has 4 rings (SSSR count). The molecule has 0 amide bonds. The van der Waals surface area contributed by atoms with Crippen LogP contribution < -0.4 is 0 Å². The second-order valence-electron chi connectivity index (χ2n) is 10.4. The van der Waals surface area contributed by atoms with Gasteiger partial charge in [0.1, 0.15) is 0 Å². The molecule has 24 heavy (non-hydrogen) atoms. The van der Waals surface area contributed by atoms with E-state index in [1.165, 1.54) is 32.1 Å². The molecule has 4 aliphatic carbocycles. The molecule has 3 heteroatoms. The summed E-state index contributed by atoms with van der Waals surface area (Å²) < 4.78 is 12.5. The molecule has 0 saturated heterocycles. The number of esters is 1. The first-order chi connectivity index (χ1) is 11.1. The maximum atomic E-state index is 12.6. The molecule has 0 aromatic heterocycles. The molecular weight excluding hydrogens is 300 g/mol. The van der Waals surface area contributed by atoms with Crippen LogP contribution in [0.1, 0.15) is 80.1 Å². The van der Waals surface area contributed by atoms with Crippen LogP contribution in [0.2, 0.25) is 0 Å². The van der Waals surface area contributed by atoms with Crippen LogP contribution in [0.3, 0.4) is 0 Å². The van der Waals surface area contributed by atoms with Gasteiger partial charge in [0, 0.05) is 5.41 Å². The van der Waals surface area contributed by atoms with Crippen molar-refractivity contribution in [2.24, 2.45) is 34.5 Å². The summed E-state index contributed by atoms with van der Waals surface area (Å²) in [5.41, 5.74) is -0.648. The van der Waals surface area contributed by atoms with Gasteiger partial charge in [-0.15, -0.1) is 0 Å². The van der Waals surface area contributed by atoms with E-state index < -0.39 is 11.7 Å². The van der Waals surface area contributed by atoms with E-state index in [2.05, 4.69) is 20.8 Å². The van der Waals surface area contributed by atoms with Crippen LogP contribution >= 0.6 is 0 Å². The lowest BCUT2D eigenvalue weighted by Crippen LogP contribution is -2.52. The molecule has 4 aliphatic rings. The highest BCUT2D eigenvalue weighted by Gasteiger charge is 2.50. The van der Waals surface area contributed by atoms with Gasteiger partial charge in [-0.1, -0.05) is 27.7 Å². The Morgan fingerprint density at radius 1 is 0.958 bits per heavy atom. The first kappa shape index (κ1) is 18.2. The number of carbonyl (C=O) groups excluding carboxylic acids is 1. The fourth-order valence-electron chi connectivity index (χ4n) is 5.05. The van der Waals surface area contributed by atoms with Gasteiger partial charge < -0.3 is 9.47 Å². The zero-order valence-electron chi connectivity index (χ0n) is 16.4. The van der Waals surface area contributed by atoms with Crippen molar-refractivity contribution < 1.29 is 14.3 Å². The highest BCUT2D eigenvalue weighted by atomic mass is 16.7. The fraction of sp³-hybridized carbons (Fsp3) is 0.952. The van der Waals surface area contributed by atoms with Crippen LogP contribution in [0.25, 0.3) is 0 Å². The van der Waals surface area contributed by atoms with E-state index in [9.17, 15) is 4.79 Å². The van der Waals surface area contributed by atoms with Crippen molar-refractivity contribution in [2.75, 3.05) is 0 Å². The minimum absolute atomic E-state index is 0.131. The second-order valence-corrected chi connectivity index (χ2v) is 10.4. The number of hydrogen-bond acceptors (Lipinski definition) is 3. The lowest BCUT2D eigenvalue weighted by Gasteiger charge is -2.55. The Labute approximate surface area is 147 Å². The predicted octanol–water partition coefficient (Wildman–Crippen LogP) is 5.18. The van der Waals surface area contributed by atoms with E-state index in [4.69, 9.17) is 9.47 Å². The van der Waals surface area contributed by atoms with Crippen LogP contribution in [0.4, 0.5) is 0 Å². The van der Waals surface area contributed by atoms with Crippen molar-refractivity contribution in [2.45, 2.75) is 92.5 Å². The topological polar surface area (TPSA) is 35.5 Å². The largest absolute Gasteiger partial charge is 0.435 e.